The molecule has 1 aromatic heterocycles. The number of aryl methyl sites for hydroxylation is 2. The van der Waals surface area contributed by atoms with Gasteiger partial charge in [-0.2, -0.15) is 0 Å². The van der Waals surface area contributed by atoms with Crippen LogP contribution in [0.4, 0.5) is 0 Å². The van der Waals surface area contributed by atoms with Gasteiger partial charge in [0.15, 0.2) is 0 Å². The number of rotatable bonds is 7. The van der Waals surface area contributed by atoms with Crippen molar-refractivity contribution in [3.05, 3.63) is 53.5 Å². The molecule has 0 saturated carbocycles. The average Bonchev–Trinajstić information content (AvgIpc) is 2.91. The molecule has 0 saturated heterocycles. The summed E-state index contributed by atoms with van der Waals surface area (Å²) in [5.74, 6) is 1.54. The van der Waals surface area contributed by atoms with E-state index in [1.165, 1.54) is 5.56 Å². The zero-order valence-electron chi connectivity index (χ0n) is 11.8. The van der Waals surface area contributed by atoms with E-state index in [4.69, 9.17) is 13.9 Å². The lowest BCUT2D eigenvalue weighted by atomic mass is 10.1. The zero-order chi connectivity index (χ0) is 14.4. The molecule has 0 amide bonds. The molecule has 4 nitrogen and oxygen atoms in total. The van der Waals surface area contributed by atoms with Gasteiger partial charge < -0.3 is 19.0 Å². The predicted octanol–water partition coefficient (Wildman–Crippen LogP) is 2.85. The van der Waals surface area contributed by atoms with Crippen molar-refractivity contribution in [2.75, 3.05) is 13.2 Å². The van der Waals surface area contributed by atoms with Gasteiger partial charge in [0.05, 0.1) is 12.9 Å². The van der Waals surface area contributed by atoms with E-state index in [9.17, 15) is 5.11 Å². The van der Waals surface area contributed by atoms with Crippen LogP contribution in [0.25, 0.3) is 0 Å². The van der Waals surface area contributed by atoms with Gasteiger partial charge >= 0.3 is 0 Å². The molecular weight excluding hydrogens is 256 g/mol. The van der Waals surface area contributed by atoms with Gasteiger partial charge in [-0.05, 0) is 37.6 Å². The number of benzene rings is 1. The van der Waals surface area contributed by atoms with Crippen LogP contribution in [-0.4, -0.2) is 24.4 Å². The Hall–Kier alpha value is -1.78. The topological polar surface area (TPSA) is 51.8 Å². The number of hydrogen-bond acceptors (Lipinski definition) is 4. The van der Waals surface area contributed by atoms with Crippen molar-refractivity contribution in [2.24, 2.45) is 0 Å². The molecule has 0 aliphatic heterocycles. The van der Waals surface area contributed by atoms with Crippen molar-refractivity contribution in [3.63, 3.8) is 0 Å². The normalized spacial score (nSPS) is 12.3. The van der Waals surface area contributed by atoms with E-state index in [-0.39, 0.29) is 13.2 Å². The SMILES string of the molecule is Cc1ccc(OCC(O)COCc2ccco2)c(C)c1. The average molecular weight is 276 g/mol. The van der Waals surface area contributed by atoms with Crippen molar-refractivity contribution in [3.8, 4) is 5.75 Å². The third-order valence-electron chi connectivity index (χ3n) is 2.90. The highest BCUT2D eigenvalue weighted by atomic mass is 16.5. The van der Waals surface area contributed by atoms with E-state index in [1.807, 2.05) is 32.0 Å². The van der Waals surface area contributed by atoms with Crippen LogP contribution in [0.1, 0.15) is 16.9 Å². The van der Waals surface area contributed by atoms with Crippen LogP contribution in [0.5, 0.6) is 5.75 Å². The van der Waals surface area contributed by atoms with Crippen molar-refractivity contribution < 1.29 is 19.0 Å². The van der Waals surface area contributed by atoms with E-state index in [0.717, 1.165) is 17.1 Å². The molecule has 0 bridgehead atoms. The Morgan fingerprint density at radius 2 is 2.05 bits per heavy atom. The van der Waals surface area contributed by atoms with Gasteiger partial charge in [0.25, 0.3) is 0 Å². The third kappa shape index (κ3) is 4.40. The smallest absolute Gasteiger partial charge is 0.129 e. The van der Waals surface area contributed by atoms with Crippen LogP contribution in [0.2, 0.25) is 0 Å². The van der Waals surface area contributed by atoms with E-state index < -0.39 is 6.10 Å². The molecule has 0 aliphatic rings. The second-order valence-corrected chi connectivity index (χ2v) is 4.83. The minimum absolute atomic E-state index is 0.210. The highest BCUT2D eigenvalue weighted by Crippen LogP contribution is 2.18. The summed E-state index contributed by atoms with van der Waals surface area (Å²) in [6.07, 6.45) is 0.934. The van der Waals surface area contributed by atoms with Crippen LogP contribution in [0.3, 0.4) is 0 Å². The quantitative estimate of drug-likeness (QED) is 0.845. The standard InChI is InChI=1S/C16H20O4/c1-12-5-6-16(13(2)8-12)20-10-14(17)9-18-11-15-4-3-7-19-15/h3-8,14,17H,9-11H2,1-2H3. The Balaban J connectivity index is 1.70. The fourth-order valence-electron chi connectivity index (χ4n) is 1.89. The Morgan fingerprint density at radius 3 is 2.75 bits per heavy atom. The summed E-state index contributed by atoms with van der Waals surface area (Å²) in [5, 5.41) is 9.80. The molecule has 0 spiro atoms. The summed E-state index contributed by atoms with van der Waals surface area (Å²) in [6.45, 7) is 4.80. The lowest BCUT2D eigenvalue weighted by Gasteiger charge is -2.14. The van der Waals surface area contributed by atoms with Crippen LogP contribution in [0.15, 0.2) is 41.0 Å². The number of aliphatic hydroxyl groups is 1. The van der Waals surface area contributed by atoms with E-state index >= 15 is 0 Å². The molecule has 4 heteroatoms. The molecular formula is C16H20O4. The maximum absolute atomic E-state index is 9.80. The van der Waals surface area contributed by atoms with Crippen molar-refractivity contribution in [2.45, 2.75) is 26.6 Å². The maximum atomic E-state index is 9.80. The molecule has 2 rings (SSSR count). The van der Waals surface area contributed by atoms with Crippen molar-refractivity contribution in [1.82, 2.24) is 0 Å². The van der Waals surface area contributed by atoms with Crippen molar-refractivity contribution >= 4 is 0 Å². The molecule has 0 radical (unpaired) electrons. The summed E-state index contributed by atoms with van der Waals surface area (Å²) in [7, 11) is 0. The van der Waals surface area contributed by atoms with Gasteiger partial charge in [-0.15, -0.1) is 0 Å². The number of hydrogen-bond donors (Lipinski definition) is 1. The molecule has 0 aliphatic carbocycles. The highest BCUT2D eigenvalue weighted by Gasteiger charge is 2.08. The summed E-state index contributed by atoms with van der Waals surface area (Å²) >= 11 is 0. The van der Waals surface area contributed by atoms with Gasteiger partial charge in [0, 0.05) is 0 Å². The monoisotopic (exact) mass is 276 g/mol. The molecule has 1 unspecified atom stereocenters. The first-order valence-corrected chi connectivity index (χ1v) is 6.63. The fourth-order valence-corrected chi connectivity index (χ4v) is 1.89. The van der Waals surface area contributed by atoms with Crippen LogP contribution in [-0.2, 0) is 11.3 Å². The first-order chi connectivity index (χ1) is 9.65. The summed E-state index contributed by atoms with van der Waals surface area (Å²) < 4.78 is 16.1. The van der Waals surface area contributed by atoms with Crippen LogP contribution >= 0.6 is 0 Å². The number of furan rings is 1. The van der Waals surface area contributed by atoms with E-state index in [2.05, 4.69) is 6.07 Å². The second-order valence-electron chi connectivity index (χ2n) is 4.83. The first kappa shape index (κ1) is 14.6. The van der Waals surface area contributed by atoms with Gasteiger partial charge in [-0.25, -0.2) is 0 Å². The predicted molar refractivity (Wildman–Crippen MR) is 75.8 cm³/mol. The molecule has 1 heterocycles. The lowest BCUT2D eigenvalue weighted by molar-refractivity contribution is 0.000774. The molecule has 1 atom stereocenters. The minimum Gasteiger partial charge on any atom is -0.491 e. The van der Waals surface area contributed by atoms with Crippen LogP contribution < -0.4 is 4.74 Å². The highest BCUT2D eigenvalue weighted by molar-refractivity contribution is 5.35. The Bertz CT molecular complexity index is 519. The largest absolute Gasteiger partial charge is 0.491 e. The summed E-state index contributed by atoms with van der Waals surface area (Å²) in [4.78, 5) is 0. The van der Waals surface area contributed by atoms with Gasteiger partial charge in [0.2, 0.25) is 0 Å². The van der Waals surface area contributed by atoms with Gasteiger partial charge in [-0.1, -0.05) is 17.7 Å². The second kappa shape index (κ2) is 7.12. The van der Waals surface area contributed by atoms with E-state index in [1.54, 1.807) is 12.3 Å². The van der Waals surface area contributed by atoms with Gasteiger partial charge in [-0.3, -0.25) is 0 Å². The molecule has 108 valence electrons. The molecule has 20 heavy (non-hydrogen) atoms. The van der Waals surface area contributed by atoms with E-state index in [0.29, 0.717) is 6.61 Å². The number of aliphatic hydroxyl groups excluding tert-OH is 1. The first-order valence-electron chi connectivity index (χ1n) is 6.63. The minimum atomic E-state index is -0.661. The Morgan fingerprint density at radius 1 is 1.20 bits per heavy atom. The molecule has 2 aromatic rings. The number of ether oxygens (including phenoxy) is 2. The maximum Gasteiger partial charge on any atom is 0.129 e. The van der Waals surface area contributed by atoms with Crippen molar-refractivity contribution in [1.29, 1.82) is 0 Å². The lowest BCUT2D eigenvalue weighted by Crippen LogP contribution is -2.23. The summed E-state index contributed by atoms with van der Waals surface area (Å²) in [5.41, 5.74) is 2.26. The van der Waals surface area contributed by atoms with Crippen LogP contribution in [0, 0.1) is 13.8 Å². The van der Waals surface area contributed by atoms with Gasteiger partial charge in [0.1, 0.15) is 30.8 Å². The summed E-state index contributed by atoms with van der Waals surface area (Å²) in [6, 6.07) is 9.59. The Labute approximate surface area is 118 Å². The third-order valence-corrected chi connectivity index (χ3v) is 2.90. The molecule has 1 N–H and O–H groups in total. The molecule has 1 aromatic carbocycles. The Kier molecular flexibility index (Phi) is 5.21. The fraction of sp³-hybridized carbons (Fsp3) is 0.375. The molecule has 0 fully saturated rings. The zero-order valence-corrected chi connectivity index (χ0v) is 11.8.